The van der Waals surface area contributed by atoms with Crippen molar-refractivity contribution in [2.75, 3.05) is 13.2 Å². The van der Waals surface area contributed by atoms with Crippen LogP contribution in [0.4, 0.5) is 0 Å². The molecule has 0 fully saturated rings. The molecule has 0 aromatic carbocycles. The minimum Gasteiger partial charge on any atom is -0.457 e. The molecule has 0 aromatic rings. The number of alkyl halides is 2. The van der Waals surface area contributed by atoms with E-state index in [1.54, 1.807) is 6.92 Å². The first-order valence-electron chi connectivity index (χ1n) is 3.33. The third kappa shape index (κ3) is 5.41. The lowest BCUT2D eigenvalue weighted by Gasteiger charge is -2.18. The van der Waals surface area contributed by atoms with Gasteiger partial charge in [-0.1, -0.05) is 29.8 Å². The summed E-state index contributed by atoms with van der Waals surface area (Å²) >= 11 is 11.1. The lowest BCUT2D eigenvalue weighted by atomic mass is 10.6. The summed E-state index contributed by atoms with van der Waals surface area (Å²) in [5.74, 6) is -0.583. The summed E-state index contributed by atoms with van der Waals surface area (Å²) < 4.78 is 7.94. The maximum Gasteiger partial charge on any atom is 0.330 e. The van der Waals surface area contributed by atoms with E-state index in [0.29, 0.717) is 6.61 Å². The summed E-state index contributed by atoms with van der Waals surface area (Å²) in [6.07, 6.45) is 1.02. The van der Waals surface area contributed by atoms with Gasteiger partial charge in [-0.15, -0.1) is 0 Å². The largest absolute Gasteiger partial charge is 0.457 e. The molecule has 0 N–H and O–H groups in total. The molecule has 0 saturated heterocycles. The van der Waals surface area contributed by atoms with E-state index in [-0.39, 0.29) is 6.61 Å². The van der Waals surface area contributed by atoms with E-state index in [1.807, 2.05) is 0 Å². The molecular formula is C7H10Cl2O3. The van der Waals surface area contributed by atoms with E-state index >= 15 is 0 Å². The number of carbonyl (C=O) groups excluding carboxylic acids is 1. The van der Waals surface area contributed by atoms with Crippen molar-refractivity contribution in [3.63, 3.8) is 0 Å². The van der Waals surface area contributed by atoms with Crippen LogP contribution in [-0.4, -0.2) is 23.7 Å². The average Bonchev–Trinajstić information content (AvgIpc) is 2.00. The van der Waals surface area contributed by atoms with Gasteiger partial charge in [-0.05, 0) is 6.92 Å². The Morgan fingerprint density at radius 2 is 2.25 bits per heavy atom. The van der Waals surface area contributed by atoms with Crippen LogP contribution < -0.4 is 0 Å². The van der Waals surface area contributed by atoms with Crippen molar-refractivity contribution in [2.24, 2.45) is 0 Å². The molecule has 12 heavy (non-hydrogen) atoms. The Bertz CT molecular complexity index is 168. The first kappa shape index (κ1) is 11.8. The van der Waals surface area contributed by atoms with Crippen LogP contribution in [0.15, 0.2) is 12.7 Å². The van der Waals surface area contributed by atoms with Crippen LogP contribution in [0.1, 0.15) is 6.92 Å². The van der Waals surface area contributed by atoms with Gasteiger partial charge in [0.25, 0.3) is 4.52 Å². The van der Waals surface area contributed by atoms with E-state index in [0.717, 1.165) is 6.08 Å². The molecule has 5 heteroatoms. The predicted molar refractivity (Wildman–Crippen MR) is 47.2 cm³/mol. The number of hydrogen-bond acceptors (Lipinski definition) is 3. The molecule has 3 nitrogen and oxygen atoms in total. The fraction of sp³-hybridized carbons (Fsp3) is 0.571. The third-order valence-electron chi connectivity index (χ3n) is 0.905. The minimum absolute atomic E-state index is 0.213. The summed E-state index contributed by atoms with van der Waals surface area (Å²) in [6.45, 7) is 5.07. The molecule has 0 saturated carbocycles. The Balaban J connectivity index is 3.74. The van der Waals surface area contributed by atoms with Crippen LogP contribution in [0.25, 0.3) is 0 Å². The number of esters is 1. The van der Waals surface area contributed by atoms with Crippen molar-refractivity contribution in [1.29, 1.82) is 0 Å². The molecule has 0 amide bonds. The average molecular weight is 213 g/mol. The lowest BCUT2D eigenvalue weighted by molar-refractivity contribution is -0.141. The van der Waals surface area contributed by atoms with Gasteiger partial charge in [0.05, 0.1) is 0 Å². The maximum atomic E-state index is 10.5. The molecule has 0 rings (SSSR count). The van der Waals surface area contributed by atoms with Gasteiger partial charge in [0.1, 0.15) is 6.61 Å². The van der Waals surface area contributed by atoms with E-state index in [9.17, 15) is 4.79 Å². The summed E-state index contributed by atoms with van der Waals surface area (Å²) in [4.78, 5) is 10.5. The van der Waals surface area contributed by atoms with Crippen molar-refractivity contribution in [2.45, 2.75) is 11.4 Å². The predicted octanol–water partition coefficient (Wildman–Crippen LogP) is 1.88. The van der Waals surface area contributed by atoms with Crippen molar-refractivity contribution in [3.05, 3.63) is 12.7 Å². The Kier molecular flexibility index (Phi) is 5.29. The third-order valence-corrected chi connectivity index (χ3v) is 1.34. The van der Waals surface area contributed by atoms with Gasteiger partial charge in [-0.2, -0.15) is 0 Å². The Labute approximate surface area is 81.2 Å². The second-order valence-electron chi connectivity index (χ2n) is 1.88. The fourth-order valence-corrected chi connectivity index (χ4v) is 0.794. The molecule has 0 spiro atoms. The highest BCUT2D eigenvalue weighted by atomic mass is 35.5. The van der Waals surface area contributed by atoms with Gasteiger partial charge in [0, 0.05) is 12.7 Å². The quantitative estimate of drug-likeness (QED) is 0.397. The number of hydrogen-bond donors (Lipinski definition) is 0. The van der Waals surface area contributed by atoms with Crippen molar-refractivity contribution in [3.8, 4) is 0 Å². The molecule has 0 aliphatic carbocycles. The molecule has 0 aliphatic heterocycles. The second-order valence-corrected chi connectivity index (χ2v) is 3.30. The zero-order valence-corrected chi connectivity index (χ0v) is 8.19. The molecule has 0 aromatic heterocycles. The van der Waals surface area contributed by atoms with Crippen molar-refractivity contribution < 1.29 is 14.3 Å². The number of rotatable bonds is 5. The molecular weight excluding hydrogens is 203 g/mol. The summed E-state index contributed by atoms with van der Waals surface area (Å²) in [6, 6.07) is 0. The highest BCUT2D eigenvalue weighted by Crippen LogP contribution is 2.22. The molecule has 0 radical (unpaired) electrons. The normalized spacial score (nSPS) is 10.9. The monoisotopic (exact) mass is 212 g/mol. The standard InChI is InChI=1S/C7H10Cl2O3/c1-3-6(10)11-5-7(8,9)12-4-2/h3H,1,4-5H2,2H3. The van der Waals surface area contributed by atoms with Crippen LogP contribution in [0.3, 0.4) is 0 Å². The van der Waals surface area contributed by atoms with Crippen LogP contribution in [0.5, 0.6) is 0 Å². The molecule has 70 valence electrons. The second kappa shape index (κ2) is 5.41. The minimum atomic E-state index is -1.46. The molecule has 0 atom stereocenters. The zero-order valence-electron chi connectivity index (χ0n) is 6.68. The van der Waals surface area contributed by atoms with E-state index < -0.39 is 10.5 Å². The fourth-order valence-electron chi connectivity index (χ4n) is 0.467. The zero-order chi connectivity index (χ0) is 9.61. The maximum absolute atomic E-state index is 10.5. The van der Waals surface area contributed by atoms with Gasteiger partial charge in [0.2, 0.25) is 0 Å². The van der Waals surface area contributed by atoms with Crippen LogP contribution >= 0.6 is 23.2 Å². The van der Waals surface area contributed by atoms with Crippen LogP contribution in [0.2, 0.25) is 0 Å². The number of halogens is 2. The molecule has 0 heterocycles. The number of carbonyl (C=O) groups is 1. The smallest absolute Gasteiger partial charge is 0.330 e. The van der Waals surface area contributed by atoms with Gasteiger partial charge in [-0.25, -0.2) is 4.79 Å². The topological polar surface area (TPSA) is 35.5 Å². The Hall–Kier alpha value is -0.250. The summed E-state index contributed by atoms with van der Waals surface area (Å²) in [5.41, 5.74) is 0. The Morgan fingerprint density at radius 3 is 2.67 bits per heavy atom. The van der Waals surface area contributed by atoms with Gasteiger partial charge >= 0.3 is 5.97 Å². The van der Waals surface area contributed by atoms with E-state index in [4.69, 9.17) is 27.9 Å². The first-order valence-corrected chi connectivity index (χ1v) is 4.08. The molecule has 0 bridgehead atoms. The van der Waals surface area contributed by atoms with Gasteiger partial charge in [-0.3, -0.25) is 0 Å². The first-order chi connectivity index (χ1) is 5.52. The highest BCUT2D eigenvalue weighted by molar-refractivity contribution is 6.47. The Morgan fingerprint density at radius 1 is 1.67 bits per heavy atom. The van der Waals surface area contributed by atoms with Crippen LogP contribution in [0, 0.1) is 0 Å². The summed E-state index contributed by atoms with van der Waals surface area (Å²) in [7, 11) is 0. The molecule has 0 unspecified atom stereocenters. The summed E-state index contributed by atoms with van der Waals surface area (Å²) in [5, 5.41) is 0. The van der Waals surface area contributed by atoms with E-state index in [1.165, 1.54) is 0 Å². The highest BCUT2D eigenvalue weighted by Gasteiger charge is 2.25. The van der Waals surface area contributed by atoms with Crippen molar-refractivity contribution >= 4 is 29.2 Å². The number of ether oxygens (including phenoxy) is 2. The van der Waals surface area contributed by atoms with E-state index in [2.05, 4.69) is 11.3 Å². The van der Waals surface area contributed by atoms with Crippen molar-refractivity contribution in [1.82, 2.24) is 0 Å². The SMILES string of the molecule is C=CC(=O)OCC(Cl)(Cl)OCC. The van der Waals surface area contributed by atoms with Gasteiger partial charge < -0.3 is 9.47 Å². The molecule has 0 aliphatic rings. The van der Waals surface area contributed by atoms with Gasteiger partial charge in [0.15, 0.2) is 0 Å². The lowest BCUT2D eigenvalue weighted by Crippen LogP contribution is -2.26. The van der Waals surface area contributed by atoms with Crippen LogP contribution in [-0.2, 0) is 14.3 Å².